The molecule has 0 amide bonds. The van der Waals surface area contributed by atoms with Gasteiger partial charge in [0.15, 0.2) is 0 Å². The van der Waals surface area contributed by atoms with E-state index in [0.29, 0.717) is 6.42 Å². The van der Waals surface area contributed by atoms with Crippen molar-refractivity contribution in [2.75, 3.05) is 6.54 Å². The molecule has 0 bridgehead atoms. The Kier molecular flexibility index (Phi) is 5.74. The summed E-state index contributed by atoms with van der Waals surface area (Å²) in [6.07, 6.45) is 2.68. The highest BCUT2D eigenvalue weighted by atomic mass is 16.4. The third-order valence-corrected chi connectivity index (χ3v) is 6.58. The first-order valence-electron chi connectivity index (χ1n) is 11.3. The van der Waals surface area contributed by atoms with Gasteiger partial charge in [-0.3, -0.25) is 9.69 Å². The van der Waals surface area contributed by atoms with Crippen LogP contribution in [-0.2, 0) is 4.79 Å². The summed E-state index contributed by atoms with van der Waals surface area (Å²) in [6, 6.07) is 33.3. The summed E-state index contributed by atoms with van der Waals surface area (Å²) in [5.41, 5.74) is 4.63. The van der Waals surface area contributed by atoms with Crippen LogP contribution in [0.25, 0.3) is 21.9 Å². The van der Waals surface area contributed by atoms with Crippen LogP contribution in [0.2, 0.25) is 0 Å². The van der Waals surface area contributed by atoms with E-state index in [4.69, 9.17) is 0 Å². The minimum atomic E-state index is -0.726. The lowest BCUT2D eigenvalue weighted by atomic mass is 9.90. The maximum absolute atomic E-state index is 12.1. The van der Waals surface area contributed by atoms with Gasteiger partial charge >= 0.3 is 5.97 Å². The Morgan fingerprint density at radius 1 is 0.750 bits per heavy atom. The van der Waals surface area contributed by atoms with Crippen molar-refractivity contribution in [2.45, 2.75) is 31.3 Å². The van der Waals surface area contributed by atoms with Crippen LogP contribution in [0.4, 0.5) is 0 Å². The van der Waals surface area contributed by atoms with Gasteiger partial charge in [-0.05, 0) is 58.5 Å². The summed E-state index contributed by atoms with van der Waals surface area (Å²) >= 11 is 0. The highest BCUT2D eigenvalue weighted by Gasteiger charge is 2.35. The first-order chi connectivity index (χ1) is 15.7. The third kappa shape index (κ3) is 4.04. The summed E-state index contributed by atoms with van der Waals surface area (Å²) in [7, 11) is 0. The topological polar surface area (TPSA) is 40.5 Å². The van der Waals surface area contributed by atoms with Gasteiger partial charge in [-0.1, -0.05) is 97.4 Å². The predicted octanol–water partition coefficient (Wildman–Crippen LogP) is 6.54. The van der Waals surface area contributed by atoms with Gasteiger partial charge in [-0.2, -0.15) is 0 Å². The van der Waals surface area contributed by atoms with Crippen molar-refractivity contribution < 1.29 is 9.90 Å². The van der Waals surface area contributed by atoms with E-state index in [1.165, 1.54) is 21.9 Å². The molecule has 1 aliphatic heterocycles. The van der Waals surface area contributed by atoms with Crippen molar-refractivity contribution in [3.8, 4) is 11.1 Å². The van der Waals surface area contributed by atoms with Crippen molar-refractivity contribution in [3.05, 3.63) is 108 Å². The monoisotopic (exact) mass is 421 g/mol. The van der Waals surface area contributed by atoms with E-state index in [0.717, 1.165) is 30.5 Å². The van der Waals surface area contributed by atoms with E-state index in [9.17, 15) is 9.90 Å². The average Bonchev–Trinajstić information content (AvgIpc) is 2.85. The van der Waals surface area contributed by atoms with Crippen LogP contribution in [0.5, 0.6) is 0 Å². The second-order valence-electron chi connectivity index (χ2n) is 8.58. The molecule has 1 heterocycles. The number of hydrogen-bond acceptors (Lipinski definition) is 2. The van der Waals surface area contributed by atoms with Gasteiger partial charge in [0.25, 0.3) is 0 Å². The lowest BCUT2D eigenvalue weighted by Gasteiger charge is -2.39. The van der Waals surface area contributed by atoms with Crippen LogP contribution in [0.1, 0.15) is 36.4 Å². The van der Waals surface area contributed by atoms with Crippen LogP contribution in [-0.4, -0.2) is 28.6 Å². The zero-order valence-electron chi connectivity index (χ0n) is 18.0. The van der Waals surface area contributed by atoms with Gasteiger partial charge in [0.2, 0.25) is 0 Å². The van der Waals surface area contributed by atoms with Gasteiger partial charge in [0, 0.05) is 0 Å². The molecular weight excluding hydrogens is 394 g/mol. The van der Waals surface area contributed by atoms with Gasteiger partial charge < -0.3 is 5.11 Å². The molecule has 4 aromatic carbocycles. The van der Waals surface area contributed by atoms with Gasteiger partial charge in [-0.15, -0.1) is 0 Å². The number of piperidine rings is 1. The molecule has 32 heavy (non-hydrogen) atoms. The maximum atomic E-state index is 12.1. The van der Waals surface area contributed by atoms with E-state index >= 15 is 0 Å². The molecule has 160 valence electrons. The van der Waals surface area contributed by atoms with Crippen LogP contribution < -0.4 is 0 Å². The average molecular weight is 422 g/mol. The van der Waals surface area contributed by atoms with E-state index < -0.39 is 12.0 Å². The number of benzene rings is 4. The summed E-state index contributed by atoms with van der Waals surface area (Å²) in [6.45, 7) is 0.787. The minimum Gasteiger partial charge on any atom is -0.480 e. The summed E-state index contributed by atoms with van der Waals surface area (Å²) < 4.78 is 0. The zero-order valence-corrected chi connectivity index (χ0v) is 18.0. The third-order valence-electron chi connectivity index (χ3n) is 6.58. The number of nitrogens with zero attached hydrogens (tertiary/aromatic N) is 1. The molecule has 3 heteroatoms. The normalized spacial score (nSPS) is 17.8. The molecule has 1 fully saturated rings. The van der Waals surface area contributed by atoms with E-state index in [1.807, 2.05) is 24.3 Å². The van der Waals surface area contributed by atoms with Crippen LogP contribution >= 0.6 is 0 Å². The molecule has 0 saturated carbocycles. The Bertz CT molecular complexity index is 1220. The smallest absolute Gasteiger partial charge is 0.320 e. The first kappa shape index (κ1) is 20.5. The number of fused-ring (bicyclic) bond motifs is 1. The lowest BCUT2D eigenvalue weighted by molar-refractivity contribution is -0.145. The number of carbonyl (C=O) groups is 1. The number of carboxylic acid groups (broad SMARTS) is 1. The second-order valence-corrected chi connectivity index (χ2v) is 8.58. The number of rotatable bonds is 5. The fourth-order valence-electron chi connectivity index (χ4n) is 4.97. The molecule has 0 aliphatic carbocycles. The Morgan fingerprint density at radius 2 is 1.41 bits per heavy atom. The van der Waals surface area contributed by atoms with Crippen LogP contribution in [0.3, 0.4) is 0 Å². The Morgan fingerprint density at radius 3 is 2.16 bits per heavy atom. The Hall–Kier alpha value is -3.43. The fraction of sp³-hybridized carbons (Fsp3) is 0.207. The molecule has 4 aromatic rings. The molecule has 1 N–H and O–H groups in total. The Balaban J connectivity index is 1.59. The number of hydrogen-bond donors (Lipinski definition) is 1. The molecule has 5 rings (SSSR count). The van der Waals surface area contributed by atoms with Crippen LogP contribution in [0, 0.1) is 0 Å². The lowest BCUT2D eigenvalue weighted by Crippen LogP contribution is -2.46. The van der Waals surface area contributed by atoms with E-state index in [2.05, 4.69) is 77.7 Å². The molecule has 2 atom stereocenters. The minimum absolute atomic E-state index is 0.0918. The van der Waals surface area contributed by atoms with Crippen LogP contribution in [0.15, 0.2) is 97.1 Å². The zero-order chi connectivity index (χ0) is 21.9. The SMILES string of the molecule is O=C(O)C1CCCCN1C(c1ccc(-c2ccccc2)cc1)c1ccc2ccccc2c1. The predicted molar refractivity (Wildman–Crippen MR) is 130 cm³/mol. The molecule has 0 spiro atoms. The maximum Gasteiger partial charge on any atom is 0.320 e. The van der Waals surface area contributed by atoms with Crippen molar-refractivity contribution >= 4 is 16.7 Å². The molecule has 1 saturated heterocycles. The molecule has 1 aliphatic rings. The summed E-state index contributed by atoms with van der Waals surface area (Å²) in [4.78, 5) is 14.3. The number of aliphatic carboxylic acids is 1. The Labute approximate surface area is 188 Å². The molecular formula is C29H27NO2. The van der Waals surface area contributed by atoms with E-state index in [1.54, 1.807) is 0 Å². The highest BCUT2D eigenvalue weighted by molar-refractivity contribution is 5.83. The standard InChI is InChI=1S/C29H27NO2/c31-29(32)27-12-6-7-19-30(27)28(26-18-15-22-10-4-5-11-25(22)20-26)24-16-13-23(14-17-24)21-8-2-1-3-9-21/h1-5,8-11,13-18,20,27-28H,6-7,12,19H2,(H,31,32). The summed E-state index contributed by atoms with van der Waals surface area (Å²) in [5, 5.41) is 12.4. The summed E-state index contributed by atoms with van der Waals surface area (Å²) in [5.74, 6) is -0.726. The first-order valence-corrected chi connectivity index (χ1v) is 11.3. The van der Waals surface area contributed by atoms with Gasteiger partial charge in [-0.25, -0.2) is 0 Å². The largest absolute Gasteiger partial charge is 0.480 e. The molecule has 0 aromatic heterocycles. The van der Waals surface area contributed by atoms with Gasteiger partial charge in [0.1, 0.15) is 6.04 Å². The molecule has 2 unspecified atom stereocenters. The molecule has 0 radical (unpaired) electrons. The van der Waals surface area contributed by atoms with Crippen molar-refractivity contribution in [3.63, 3.8) is 0 Å². The molecule has 3 nitrogen and oxygen atoms in total. The number of carboxylic acids is 1. The second kappa shape index (κ2) is 8.97. The van der Waals surface area contributed by atoms with Crippen molar-refractivity contribution in [1.29, 1.82) is 0 Å². The van der Waals surface area contributed by atoms with Gasteiger partial charge in [0.05, 0.1) is 6.04 Å². The van der Waals surface area contributed by atoms with Crippen molar-refractivity contribution in [2.24, 2.45) is 0 Å². The van der Waals surface area contributed by atoms with E-state index in [-0.39, 0.29) is 6.04 Å². The highest BCUT2D eigenvalue weighted by Crippen LogP contribution is 2.36. The van der Waals surface area contributed by atoms with Crippen molar-refractivity contribution in [1.82, 2.24) is 4.90 Å². The quantitative estimate of drug-likeness (QED) is 0.398. The number of likely N-dealkylation sites (tertiary alicyclic amines) is 1. The fourth-order valence-corrected chi connectivity index (χ4v) is 4.97.